The molecule has 31 heavy (non-hydrogen) atoms. The van der Waals surface area contributed by atoms with Gasteiger partial charge in [0.15, 0.2) is 11.5 Å². The monoisotopic (exact) mass is 440 g/mol. The van der Waals surface area contributed by atoms with E-state index in [1.54, 1.807) is 61.7 Å². The number of nitrogens with one attached hydrogen (secondary N) is 1. The van der Waals surface area contributed by atoms with Crippen LogP contribution in [0.25, 0.3) is 5.70 Å². The summed E-state index contributed by atoms with van der Waals surface area (Å²) in [5, 5.41) is 0. The van der Waals surface area contributed by atoms with E-state index in [2.05, 4.69) is 5.43 Å². The third-order valence-electron chi connectivity index (χ3n) is 5.01. The van der Waals surface area contributed by atoms with Gasteiger partial charge in [-0.3, -0.25) is 0 Å². The van der Waals surface area contributed by atoms with Crippen LogP contribution in [0.4, 0.5) is 4.39 Å². The second-order valence-electron chi connectivity index (χ2n) is 6.87. The van der Waals surface area contributed by atoms with Crippen molar-refractivity contribution < 1.29 is 22.3 Å². The molecule has 6 nitrogen and oxygen atoms in total. The predicted octanol–water partition coefficient (Wildman–Crippen LogP) is 4.13. The zero-order valence-corrected chi connectivity index (χ0v) is 17.8. The van der Waals surface area contributed by atoms with E-state index in [4.69, 9.17) is 9.47 Å². The van der Waals surface area contributed by atoms with Gasteiger partial charge in [-0.05, 0) is 54.1 Å². The maximum atomic E-state index is 13.5. The van der Waals surface area contributed by atoms with Crippen LogP contribution in [0.3, 0.4) is 0 Å². The zero-order valence-electron chi connectivity index (χ0n) is 16.9. The lowest BCUT2D eigenvalue weighted by Gasteiger charge is -2.25. The Hall–Kier alpha value is -3.36. The average molecular weight is 440 g/mol. The highest BCUT2D eigenvalue weighted by Crippen LogP contribution is 2.37. The zero-order chi connectivity index (χ0) is 22.0. The number of hydrogen-bond donors (Lipinski definition) is 1. The SMILES string of the molecule is COc1ccc(C2=CC(c3ccc(F)cc3)N(S(=O)(=O)c3ccccc3)N2)cc1OC. The van der Waals surface area contributed by atoms with Gasteiger partial charge in [0.05, 0.1) is 30.9 Å². The molecule has 0 aromatic heterocycles. The first-order chi connectivity index (χ1) is 14.9. The number of rotatable bonds is 6. The summed E-state index contributed by atoms with van der Waals surface area (Å²) in [4.78, 5) is 0.150. The van der Waals surface area contributed by atoms with E-state index < -0.39 is 21.9 Å². The maximum Gasteiger partial charge on any atom is 0.260 e. The molecule has 4 rings (SSSR count). The fourth-order valence-electron chi connectivity index (χ4n) is 3.42. The fraction of sp³-hybridized carbons (Fsp3) is 0.130. The Balaban J connectivity index is 1.79. The van der Waals surface area contributed by atoms with Crippen LogP contribution in [-0.4, -0.2) is 27.1 Å². The van der Waals surface area contributed by atoms with Crippen molar-refractivity contribution >= 4 is 15.7 Å². The van der Waals surface area contributed by atoms with Crippen molar-refractivity contribution in [1.29, 1.82) is 0 Å². The second kappa shape index (κ2) is 8.41. The summed E-state index contributed by atoms with van der Waals surface area (Å²) in [5.74, 6) is 0.690. The number of nitrogens with zero attached hydrogens (tertiary/aromatic N) is 1. The van der Waals surface area contributed by atoms with Crippen LogP contribution >= 0.6 is 0 Å². The van der Waals surface area contributed by atoms with E-state index in [0.717, 1.165) is 5.56 Å². The number of hydrogen-bond acceptors (Lipinski definition) is 5. The number of sulfonamides is 1. The van der Waals surface area contributed by atoms with Crippen LogP contribution < -0.4 is 14.9 Å². The van der Waals surface area contributed by atoms with E-state index in [1.165, 1.54) is 35.8 Å². The summed E-state index contributed by atoms with van der Waals surface area (Å²) >= 11 is 0. The summed E-state index contributed by atoms with van der Waals surface area (Å²) in [7, 11) is -0.817. The Labute approximate surface area is 180 Å². The quantitative estimate of drug-likeness (QED) is 0.624. The minimum absolute atomic E-state index is 0.150. The Morgan fingerprint density at radius 2 is 1.58 bits per heavy atom. The van der Waals surface area contributed by atoms with E-state index in [9.17, 15) is 12.8 Å². The molecular weight excluding hydrogens is 419 g/mol. The summed E-state index contributed by atoms with van der Waals surface area (Å²) in [5.41, 5.74) is 4.94. The highest BCUT2D eigenvalue weighted by Gasteiger charge is 2.37. The van der Waals surface area contributed by atoms with Gasteiger partial charge in [-0.25, -0.2) is 12.8 Å². The van der Waals surface area contributed by atoms with Crippen molar-refractivity contribution in [2.24, 2.45) is 0 Å². The van der Waals surface area contributed by atoms with Crippen molar-refractivity contribution in [3.63, 3.8) is 0 Å². The van der Waals surface area contributed by atoms with Crippen LogP contribution in [0.1, 0.15) is 17.2 Å². The largest absolute Gasteiger partial charge is 0.493 e. The number of methoxy groups -OCH3 is 2. The summed E-state index contributed by atoms with van der Waals surface area (Å²) < 4.78 is 52.1. The third kappa shape index (κ3) is 3.99. The molecule has 160 valence electrons. The normalized spacial score (nSPS) is 16.5. The van der Waals surface area contributed by atoms with Crippen LogP contribution in [-0.2, 0) is 10.0 Å². The van der Waals surface area contributed by atoms with Crippen LogP contribution in [0.5, 0.6) is 11.5 Å². The maximum absolute atomic E-state index is 13.5. The molecule has 0 spiro atoms. The number of halogens is 1. The standard InChI is InChI=1S/C23H21FN2O4S/c1-29-22-13-10-17(14-23(22)30-2)20-15-21(16-8-11-18(24)12-9-16)26(25-20)31(27,28)19-6-4-3-5-7-19/h3-15,21,25H,1-2H3. The van der Waals surface area contributed by atoms with Crippen LogP contribution in [0.15, 0.2) is 83.8 Å². The van der Waals surface area contributed by atoms with Crippen molar-refractivity contribution in [2.45, 2.75) is 10.9 Å². The van der Waals surface area contributed by atoms with Gasteiger partial charge in [0.2, 0.25) is 0 Å². The van der Waals surface area contributed by atoms with Crippen LogP contribution in [0.2, 0.25) is 0 Å². The molecule has 0 saturated heterocycles. The van der Waals surface area contributed by atoms with Crippen molar-refractivity contribution in [1.82, 2.24) is 9.84 Å². The Kier molecular flexibility index (Phi) is 5.67. The summed E-state index contributed by atoms with van der Waals surface area (Å²) in [6, 6.07) is 18.6. The molecule has 3 aromatic rings. The van der Waals surface area contributed by atoms with Gasteiger partial charge < -0.3 is 14.9 Å². The highest BCUT2D eigenvalue weighted by molar-refractivity contribution is 7.89. The molecule has 1 N–H and O–H groups in total. The third-order valence-corrected chi connectivity index (χ3v) is 6.72. The lowest BCUT2D eigenvalue weighted by atomic mass is 10.1. The van der Waals surface area contributed by atoms with E-state index in [1.807, 2.05) is 0 Å². The van der Waals surface area contributed by atoms with Gasteiger partial charge >= 0.3 is 0 Å². The van der Waals surface area contributed by atoms with Crippen molar-refractivity contribution in [3.05, 3.63) is 95.8 Å². The van der Waals surface area contributed by atoms with Crippen LogP contribution in [0, 0.1) is 5.82 Å². The van der Waals surface area contributed by atoms with Gasteiger partial charge in [0.1, 0.15) is 5.82 Å². The second-order valence-corrected chi connectivity index (χ2v) is 8.69. The van der Waals surface area contributed by atoms with E-state index in [0.29, 0.717) is 22.8 Å². The molecule has 1 aliphatic heterocycles. The molecular formula is C23H21FN2O4S. The molecule has 0 bridgehead atoms. The summed E-state index contributed by atoms with van der Waals surface area (Å²) in [6.07, 6.45) is 1.79. The number of hydrazine groups is 1. The lowest BCUT2D eigenvalue weighted by Crippen LogP contribution is -2.39. The molecule has 3 aromatic carbocycles. The van der Waals surface area contributed by atoms with Gasteiger partial charge in [0, 0.05) is 5.56 Å². The molecule has 1 heterocycles. The first-order valence-corrected chi connectivity index (χ1v) is 10.9. The van der Waals surface area contributed by atoms with E-state index >= 15 is 0 Å². The topological polar surface area (TPSA) is 67.9 Å². The molecule has 1 aliphatic rings. The minimum atomic E-state index is -3.90. The molecule has 0 radical (unpaired) electrons. The van der Waals surface area contributed by atoms with Crippen molar-refractivity contribution in [2.75, 3.05) is 14.2 Å². The Morgan fingerprint density at radius 1 is 0.903 bits per heavy atom. The Morgan fingerprint density at radius 3 is 2.23 bits per heavy atom. The fourth-order valence-corrected chi connectivity index (χ4v) is 4.85. The molecule has 0 amide bonds. The minimum Gasteiger partial charge on any atom is -0.493 e. The van der Waals surface area contributed by atoms with Crippen molar-refractivity contribution in [3.8, 4) is 11.5 Å². The molecule has 8 heteroatoms. The molecule has 0 saturated carbocycles. The number of ether oxygens (including phenoxy) is 2. The Bertz CT molecular complexity index is 1210. The average Bonchev–Trinajstić information content (AvgIpc) is 3.26. The van der Waals surface area contributed by atoms with Gasteiger partial charge in [-0.15, -0.1) is 4.41 Å². The smallest absolute Gasteiger partial charge is 0.260 e. The first-order valence-electron chi connectivity index (χ1n) is 9.50. The highest BCUT2D eigenvalue weighted by atomic mass is 32.2. The molecule has 0 aliphatic carbocycles. The first kappa shape index (κ1) is 20.9. The van der Waals surface area contributed by atoms with Gasteiger partial charge in [0.25, 0.3) is 10.0 Å². The van der Waals surface area contributed by atoms with E-state index in [-0.39, 0.29) is 4.90 Å². The van der Waals surface area contributed by atoms with Gasteiger partial charge in [-0.2, -0.15) is 0 Å². The van der Waals surface area contributed by atoms with Gasteiger partial charge in [-0.1, -0.05) is 30.3 Å². The summed E-state index contributed by atoms with van der Waals surface area (Å²) in [6.45, 7) is 0. The molecule has 1 atom stereocenters. The number of benzene rings is 3. The predicted molar refractivity (Wildman–Crippen MR) is 115 cm³/mol. The molecule has 1 unspecified atom stereocenters. The molecule has 0 fully saturated rings. The lowest BCUT2D eigenvalue weighted by molar-refractivity contribution is 0.347.